The highest BCUT2D eigenvalue weighted by molar-refractivity contribution is 5.88. The zero-order chi connectivity index (χ0) is 27.2. The quantitative estimate of drug-likeness (QED) is 0.253. The van der Waals surface area contributed by atoms with Gasteiger partial charge < -0.3 is 20.4 Å². The van der Waals surface area contributed by atoms with Crippen molar-refractivity contribution >= 4 is 17.7 Å². The minimum atomic E-state index is -0.862. The molecule has 9 nitrogen and oxygen atoms in total. The molecule has 0 aromatic heterocycles. The third kappa shape index (κ3) is 6.34. The maximum atomic E-state index is 13.8. The monoisotopic (exact) mass is 523 g/mol. The van der Waals surface area contributed by atoms with Crippen LogP contribution in [0, 0.1) is 17.8 Å². The molecule has 9 heteroatoms. The summed E-state index contributed by atoms with van der Waals surface area (Å²) in [4.78, 5) is 40.8. The predicted octanol–water partition coefficient (Wildman–Crippen LogP) is 2.49. The van der Waals surface area contributed by atoms with E-state index in [0.29, 0.717) is 50.8 Å². The van der Waals surface area contributed by atoms with E-state index in [4.69, 9.17) is 0 Å². The number of carbonyl (C=O) groups excluding carboxylic acids is 3. The minimum absolute atomic E-state index is 0.0536. The van der Waals surface area contributed by atoms with E-state index in [2.05, 4.69) is 5.32 Å². The molecule has 4 rings (SSSR count). The van der Waals surface area contributed by atoms with Crippen molar-refractivity contribution in [3.63, 3.8) is 0 Å². The summed E-state index contributed by atoms with van der Waals surface area (Å²) in [5, 5.41) is 33.3. The SMILES string of the molecule is CCC(=O)N1CCC(C[C@H](C(=O)NO)[C@@H](Cc2cccc(O)c2)C(=O)N[C@H]2c3ccccc3C[C@H]2O)CC1. The van der Waals surface area contributed by atoms with Crippen LogP contribution >= 0.6 is 0 Å². The second-order valence-corrected chi connectivity index (χ2v) is 10.4. The highest BCUT2D eigenvalue weighted by Gasteiger charge is 2.39. The molecule has 1 aliphatic carbocycles. The number of phenolic OH excluding ortho intramolecular Hbond substituents is 1. The number of piperidine rings is 1. The number of hydrogen-bond acceptors (Lipinski definition) is 6. The second kappa shape index (κ2) is 12.4. The fourth-order valence-corrected chi connectivity index (χ4v) is 5.90. The minimum Gasteiger partial charge on any atom is -0.508 e. The van der Waals surface area contributed by atoms with Gasteiger partial charge in [-0.05, 0) is 60.4 Å². The molecule has 2 aromatic carbocycles. The summed E-state index contributed by atoms with van der Waals surface area (Å²) in [6, 6.07) is 13.5. The van der Waals surface area contributed by atoms with Crippen LogP contribution in [0.3, 0.4) is 0 Å². The summed E-state index contributed by atoms with van der Waals surface area (Å²) in [5.41, 5.74) is 4.25. The average molecular weight is 524 g/mol. The average Bonchev–Trinajstić information content (AvgIpc) is 3.24. The van der Waals surface area contributed by atoms with Crippen molar-refractivity contribution in [2.45, 2.75) is 57.6 Å². The second-order valence-electron chi connectivity index (χ2n) is 10.4. The van der Waals surface area contributed by atoms with Crippen LogP contribution in [-0.4, -0.2) is 57.2 Å². The Morgan fingerprint density at radius 2 is 1.76 bits per heavy atom. The molecule has 1 saturated heterocycles. The van der Waals surface area contributed by atoms with Crippen LogP contribution in [0.1, 0.15) is 55.3 Å². The molecule has 1 heterocycles. The Bertz CT molecular complexity index is 1150. The van der Waals surface area contributed by atoms with Crippen LogP contribution in [0.15, 0.2) is 48.5 Å². The molecule has 0 radical (unpaired) electrons. The maximum Gasteiger partial charge on any atom is 0.247 e. The van der Waals surface area contributed by atoms with E-state index in [0.717, 1.165) is 11.1 Å². The predicted molar refractivity (Wildman–Crippen MR) is 140 cm³/mol. The molecule has 4 atom stereocenters. The topological polar surface area (TPSA) is 139 Å². The van der Waals surface area contributed by atoms with Crippen LogP contribution in [0.2, 0.25) is 0 Å². The van der Waals surface area contributed by atoms with Gasteiger partial charge in [0.25, 0.3) is 0 Å². The van der Waals surface area contributed by atoms with Crippen molar-refractivity contribution in [3.8, 4) is 5.75 Å². The molecule has 0 saturated carbocycles. The van der Waals surface area contributed by atoms with E-state index in [1.807, 2.05) is 36.1 Å². The van der Waals surface area contributed by atoms with Crippen molar-refractivity contribution < 1.29 is 29.8 Å². The molecule has 38 heavy (non-hydrogen) atoms. The smallest absolute Gasteiger partial charge is 0.247 e. The van der Waals surface area contributed by atoms with Gasteiger partial charge in [-0.15, -0.1) is 0 Å². The number of aliphatic hydroxyl groups is 1. The largest absolute Gasteiger partial charge is 0.508 e. The van der Waals surface area contributed by atoms with Gasteiger partial charge in [0, 0.05) is 25.9 Å². The fraction of sp³-hybridized carbons (Fsp3) is 0.483. The normalized spacial score (nSPS) is 20.9. The fourth-order valence-electron chi connectivity index (χ4n) is 5.90. The van der Waals surface area contributed by atoms with E-state index in [1.54, 1.807) is 23.7 Å². The van der Waals surface area contributed by atoms with Crippen molar-refractivity contribution in [2.75, 3.05) is 13.1 Å². The molecule has 1 aliphatic heterocycles. The van der Waals surface area contributed by atoms with E-state index in [1.165, 1.54) is 6.07 Å². The van der Waals surface area contributed by atoms with E-state index >= 15 is 0 Å². The third-order valence-electron chi connectivity index (χ3n) is 7.99. The van der Waals surface area contributed by atoms with Gasteiger partial charge in [0.05, 0.1) is 24.0 Å². The lowest BCUT2D eigenvalue weighted by Crippen LogP contribution is -2.46. The molecule has 2 aliphatic rings. The highest BCUT2D eigenvalue weighted by Crippen LogP contribution is 2.34. The van der Waals surface area contributed by atoms with Crippen LogP contribution in [-0.2, 0) is 27.2 Å². The zero-order valence-electron chi connectivity index (χ0n) is 21.7. The summed E-state index contributed by atoms with van der Waals surface area (Å²) in [5.74, 6) is -2.52. The Balaban J connectivity index is 1.57. The molecule has 3 amide bonds. The molecule has 0 bridgehead atoms. The van der Waals surface area contributed by atoms with Gasteiger partial charge in [-0.3, -0.25) is 19.6 Å². The molecule has 1 fully saturated rings. The number of likely N-dealkylation sites (tertiary alicyclic amines) is 1. The number of nitrogens with zero attached hydrogens (tertiary/aromatic N) is 1. The summed E-state index contributed by atoms with van der Waals surface area (Å²) in [6.07, 6.45) is 2.02. The van der Waals surface area contributed by atoms with Gasteiger partial charge in [-0.25, -0.2) is 5.48 Å². The summed E-state index contributed by atoms with van der Waals surface area (Å²) >= 11 is 0. The standard InChI is InChI=1S/C29H37N3O6/c1-2-26(35)32-12-10-18(11-13-32)15-24(29(37)31-38)23(16-19-6-5-8-21(33)14-19)28(36)30-27-22-9-4-3-7-20(22)17-25(27)34/h3-9,14,18,23-25,27,33-34,38H,2,10-13,15-17H2,1H3,(H,30,36)(H,31,37)/t23-,24+,25-,27+/m1/s1. The number of rotatable bonds is 9. The number of carbonyl (C=O) groups is 3. The van der Waals surface area contributed by atoms with Crippen molar-refractivity contribution in [2.24, 2.45) is 17.8 Å². The van der Waals surface area contributed by atoms with E-state index < -0.39 is 35.8 Å². The Labute approximate surface area is 222 Å². The molecule has 2 aromatic rings. The van der Waals surface area contributed by atoms with Gasteiger partial charge in [0.1, 0.15) is 5.75 Å². The van der Waals surface area contributed by atoms with Crippen LogP contribution in [0.4, 0.5) is 0 Å². The lowest BCUT2D eigenvalue weighted by atomic mass is 9.77. The van der Waals surface area contributed by atoms with E-state index in [9.17, 15) is 29.8 Å². The number of aromatic hydroxyl groups is 1. The molecule has 204 valence electrons. The summed E-state index contributed by atoms with van der Waals surface area (Å²) < 4.78 is 0. The van der Waals surface area contributed by atoms with Crippen LogP contribution in [0.5, 0.6) is 5.75 Å². The van der Waals surface area contributed by atoms with Gasteiger partial charge >= 0.3 is 0 Å². The molecule has 0 unspecified atom stereocenters. The molecule has 5 N–H and O–H groups in total. The number of benzene rings is 2. The number of hydroxylamine groups is 1. The zero-order valence-corrected chi connectivity index (χ0v) is 21.7. The Morgan fingerprint density at radius 3 is 2.45 bits per heavy atom. The van der Waals surface area contributed by atoms with Gasteiger partial charge in [0.2, 0.25) is 17.7 Å². The van der Waals surface area contributed by atoms with Crippen molar-refractivity contribution in [1.29, 1.82) is 0 Å². The van der Waals surface area contributed by atoms with Gasteiger partial charge in [-0.2, -0.15) is 0 Å². The Hall–Kier alpha value is -3.43. The van der Waals surface area contributed by atoms with Crippen molar-refractivity contribution in [1.82, 2.24) is 15.7 Å². The number of phenols is 1. The molecular formula is C29H37N3O6. The first kappa shape index (κ1) is 27.6. The lowest BCUT2D eigenvalue weighted by molar-refractivity contribution is -0.142. The maximum absolute atomic E-state index is 13.8. The Kier molecular flexibility index (Phi) is 9.01. The van der Waals surface area contributed by atoms with E-state index in [-0.39, 0.29) is 24.0 Å². The first-order valence-electron chi connectivity index (χ1n) is 13.4. The summed E-state index contributed by atoms with van der Waals surface area (Å²) in [6.45, 7) is 3.03. The molecular weight excluding hydrogens is 486 g/mol. The number of nitrogens with one attached hydrogen (secondary N) is 2. The third-order valence-corrected chi connectivity index (χ3v) is 7.99. The van der Waals surface area contributed by atoms with Crippen LogP contribution in [0.25, 0.3) is 0 Å². The lowest BCUT2D eigenvalue weighted by Gasteiger charge is -2.35. The van der Waals surface area contributed by atoms with Gasteiger partial charge in [0.15, 0.2) is 0 Å². The number of aliphatic hydroxyl groups excluding tert-OH is 1. The van der Waals surface area contributed by atoms with Crippen molar-refractivity contribution in [3.05, 3.63) is 65.2 Å². The van der Waals surface area contributed by atoms with Crippen LogP contribution < -0.4 is 10.8 Å². The first-order valence-corrected chi connectivity index (χ1v) is 13.4. The number of amides is 3. The number of fused-ring (bicyclic) bond motifs is 1. The number of hydrogen-bond donors (Lipinski definition) is 5. The van der Waals surface area contributed by atoms with Gasteiger partial charge in [-0.1, -0.05) is 43.3 Å². The first-order chi connectivity index (χ1) is 18.3. The highest BCUT2D eigenvalue weighted by atomic mass is 16.5. The molecule has 0 spiro atoms. The summed E-state index contributed by atoms with van der Waals surface area (Å²) in [7, 11) is 0. The Morgan fingerprint density at radius 1 is 1.03 bits per heavy atom.